The molecular weight excluding hydrogens is 278 g/mol. The number of amides is 3. The van der Waals surface area contributed by atoms with Crippen LogP contribution in [0.2, 0.25) is 0 Å². The van der Waals surface area contributed by atoms with Crippen molar-refractivity contribution in [3.63, 3.8) is 0 Å². The molecule has 21 heavy (non-hydrogen) atoms. The van der Waals surface area contributed by atoms with Crippen LogP contribution in [0.15, 0.2) is 12.5 Å². The number of imidazole rings is 1. The largest absolute Gasteiger partial charge is 0.480 e. The first kappa shape index (κ1) is 16.5. The van der Waals surface area contributed by atoms with Gasteiger partial charge in [0.15, 0.2) is 0 Å². The first-order valence-electron chi connectivity index (χ1n) is 6.23. The number of likely N-dealkylation sites (N-methyl/N-ethyl adjacent to an activating group) is 2. The Bertz CT molecular complexity index is 500. The van der Waals surface area contributed by atoms with Gasteiger partial charge in [-0.2, -0.15) is 0 Å². The van der Waals surface area contributed by atoms with Crippen molar-refractivity contribution in [1.82, 2.24) is 25.1 Å². The molecule has 0 radical (unpaired) electrons. The highest BCUT2D eigenvalue weighted by molar-refractivity contribution is 5.86. The van der Waals surface area contributed by atoms with Gasteiger partial charge in [0.25, 0.3) is 0 Å². The van der Waals surface area contributed by atoms with E-state index in [2.05, 4.69) is 15.3 Å². The number of aromatic amines is 1. The van der Waals surface area contributed by atoms with Crippen LogP contribution >= 0.6 is 0 Å². The van der Waals surface area contributed by atoms with E-state index in [-0.39, 0.29) is 18.9 Å². The van der Waals surface area contributed by atoms with E-state index in [1.165, 1.54) is 24.5 Å². The number of nitrogens with zero attached hydrogens (tertiary/aromatic N) is 3. The monoisotopic (exact) mass is 297 g/mol. The Balaban J connectivity index is 2.60. The Morgan fingerprint density at radius 1 is 1.38 bits per heavy atom. The average molecular weight is 297 g/mol. The molecule has 3 N–H and O–H groups in total. The van der Waals surface area contributed by atoms with Crippen LogP contribution in [0.1, 0.15) is 5.69 Å². The topological polar surface area (TPSA) is 119 Å². The number of carboxylic acids is 1. The lowest BCUT2D eigenvalue weighted by atomic mass is 10.1. The molecule has 0 aliphatic heterocycles. The molecule has 0 aromatic carbocycles. The molecule has 1 atom stereocenters. The van der Waals surface area contributed by atoms with Crippen LogP contribution in [0.25, 0.3) is 0 Å². The summed E-state index contributed by atoms with van der Waals surface area (Å²) in [4.78, 5) is 43.6. The molecule has 3 amide bonds. The number of carboxylic acid groups (broad SMARTS) is 1. The molecule has 1 rings (SSSR count). The van der Waals surface area contributed by atoms with Crippen molar-refractivity contribution < 1.29 is 19.5 Å². The van der Waals surface area contributed by atoms with Crippen molar-refractivity contribution in [2.45, 2.75) is 12.5 Å². The van der Waals surface area contributed by atoms with Crippen LogP contribution in [0.3, 0.4) is 0 Å². The van der Waals surface area contributed by atoms with E-state index in [4.69, 9.17) is 5.11 Å². The molecule has 0 fully saturated rings. The van der Waals surface area contributed by atoms with Gasteiger partial charge in [-0.25, -0.2) is 14.6 Å². The Kier molecular flexibility index (Phi) is 5.70. The Hall–Kier alpha value is -2.58. The Morgan fingerprint density at radius 2 is 2.05 bits per heavy atom. The predicted octanol–water partition coefficient (Wildman–Crippen LogP) is -0.865. The molecule has 0 bridgehead atoms. The summed E-state index contributed by atoms with van der Waals surface area (Å²) < 4.78 is 0. The third kappa shape index (κ3) is 5.13. The highest BCUT2D eigenvalue weighted by Crippen LogP contribution is 2.00. The van der Waals surface area contributed by atoms with Crippen molar-refractivity contribution in [1.29, 1.82) is 0 Å². The summed E-state index contributed by atoms with van der Waals surface area (Å²) in [5, 5.41) is 11.5. The van der Waals surface area contributed by atoms with Crippen molar-refractivity contribution in [2.75, 3.05) is 27.7 Å². The third-order valence-electron chi connectivity index (χ3n) is 2.79. The maximum absolute atomic E-state index is 11.9. The minimum Gasteiger partial charge on any atom is -0.480 e. The first-order valence-corrected chi connectivity index (χ1v) is 6.23. The average Bonchev–Trinajstić information content (AvgIpc) is 2.90. The summed E-state index contributed by atoms with van der Waals surface area (Å²) in [5.74, 6) is -1.42. The normalized spacial score (nSPS) is 11.6. The van der Waals surface area contributed by atoms with Gasteiger partial charge in [-0.15, -0.1) is 0 Å². The van der Waals surface area contributed by atoms with Crippen LogP contribution in [-0.4, -0.2) is 76.5 Å². The smallest absolute Gasteiger partial charge is 0.326 e. The number of nitrogens with one attached hydrogen (secondary N) is 2. The third-order valence-corrected chi connectivity index (χ3v) is 2.79. The van der Waals surface area contributed by atoms with E-state index in [0.29, 0.717) is 5.69 Å². The fourth-order valence-electron chi connectivity index (χ4n) is 1.49. The zero-order valence-corrected chi connectivity index (χ0v) is 12.2. The summed E-state index contributed by atoms with van der Waals surface area (Å²) in [6.45, 7) is -0.130. The fraction of sp³-hybridized carbons (Fsp3) is 0.500. The molecule has 0 saturated heterocycles. The van der Waals surface area contributed by atoms with Gasteiger partial charge in [0.05, 0.1) is 6.33 Å². The number of H-pyrrole nitrogens is 1. The highest BCUT2D eigenvalue weighted by Gasteiger charge is 2.23. The molecule has 0 aliphatic carbocycles. The molecule has 9 nitrogen and oxygen atoms in total. The second-order valence-corrected chi connectivity index (χ2v) is 4.77. The quantitative estimate of drug-likeness (QED) is 0.631. The molecule has 0 unspecified atom stereocenters. The number of carbonyl (C=O) groups excluding carboxylic acids is 2. The molecule has 1 aromatic rings. The zero-order chi connectivity index (χ0) is 16.0. The summed E-state index contributed by atoms with van der Waals surface area (Å²) in [6, 6.07) is -1.73. The van der Waals surface area contributed by atoms with Crippen molar-refractivity contribution in [2.24, 2.45) is 0 Å². The number of urea groups is 1. The summed E-state index contributed by atoms with van der Waals surface area (Å²) in [6.07, 6.45) is 3.00. The minimum absolute atomic E-state index is 0.0799. The Labute approximate surface area is 121 Å². The molecule has 116 valence electrons. The molecule has 1 heterocycles. The number of aromatic nitrogens is 2. The van der Waals surface area contributed by atoms with Gasteiger partial charge in [0.1, 0.15) is 12.6 Å². The Morgan fingerprint density at radius 3 is 2.52 bits per heavy atom. The fourth-order valence-corrected chi connectivity index (χ4v) is 1.49. The van der Waals surface area contributed by atoms with Crippen LogP contribution in [0, 0.1) is 0 Å². The molecule has 0 saturated carbocycles. The summed E-state index contributed by atoms with van der Waals surface area (Å²) in [7, 11) is 4.57. The number of carbonyl (C=O) groups is 3. The standard InChI is InChI=1S/C12H19N5O4/c1-16(2)10(18)6-17(3)12(21)15-9(11(19)20)4-8-5-13-7-14-8/h5,7,9H,4,6H2,1-3H3,(H,13,14)(H,15,21)(H,19,20)/t9-/m1/s1. The van der Waals surface area contributed by atoms with Gasteiger partial charge in [0.2, 0.25) is 5.91 Å². The number of rotatable bonds is 6. The lowest BCUT2D eigenvalue weighted by Gasteiger charge is -2.22. The summed E-state index contributed by atoms with van der Waals surface area (Å²) in [5.41, 5.74) is 0.592. The van der Waals surface area contributed by atoms with Gasteiger partial charge < -0.3 is 25.2 Å². The maximum atomic E-state index is 11.9. The van der Waals surface area contributed by atoms with Gasteiger partial charge in [0, 0.05) is 39.5 Å². The summed E-state index contributed by atoms with van der Waals surface area (Å²) >= 11 is 0. The molecule has 1 aromatic heterocycles. The van der Waals surface area contributed by atoms with Crippen LogP contribution in [0.5, 0.6) is 0 Å². The van der Waals surface area contributed by atoms with E-state index in [1.807, 2.05) is 0 Å². The van der Waals surface area contributed by atoms with E-state index in [0.717, 1.165) is 4.90 Å². The predicted molar refractivity (Wildman–Crippen MR) is 73.6 cm³/mol. The van der Waals surface area contributed by atoms with Crippen LogP contribution in [-0.2, 0) is 16.0 Å². The van der Waals surface area contributed by atoms with Gasteiger partial charge in [-0.3, -0.25) is 4.79 Å². The first-order chi connectivity index (χ1) is 9.81. The number of hydrogen-bond donors (Lipinski definition) is 3. The van der Waals surface area contributed by atoms with Gasteiger partial charge in [-0.05, 0) is 0 Å². The molecular formula is C12H19N5O4. The molecule has 0 spiro atoms. The van der Waals surface area contributed by atoms with E-state index in [1.54, 1.807) is 14.1 Å². The van der Waals surface area contributed by atoms with Gasteiger partial charge >= 0.3 is 12.0 Å². The van der Waals surface area contributed by atoms with Crippen molar-refractivity contribution in [3.8, 4) is 0 Å². The second kappa shape index (κ2) is 7.27. The number of hydrogen-bond acceptors (Lipinski definition) is 4. The molecule has 9 heteroatoms. The maximum Gasteiger partial charge on any atom is 0.326 e. The van der Waals surface area contributed by atoms with Gasteiger partial charge in [-0.1, -0.05) is 0 Å². The lowest BCUT2D eigenvalue weighted by Crippen LogP contribution is -2.49. The van der Waals surface area contributed by atoms with Crippen molar-refractivity contribution in [3.05, 3.63) is 18.2 Å². The highest BCUT2D eigenvalue weighted by atomic mass is 16.4. The van der Waals surface area contributed by atoms with Crippen LogP contribution in [0.4, 0.5) is 4.79 Å². The zero-order valence-electron chi connectivity index (χ0n) is 12.2. The van der Waals surface area contributed by atoms with E-state index in [9.17, 15) is 14.4 Å². The van der Waals surface area contributed by atoms with E-state index >= 15 is 0 Å². The number of aliphatic carboxylic acids is 1. The molecule has 0 aliphatic rings. The lowest BCUT2D eigenvalue weighted by molar-refractivity contribution is -0.139. The van der Waals surface area contributed by atoms with E-state index < -0.39 is 18.0 Å². The second-order valence-electron chi connectivity index (χ2n) is 4.77. The minimum atomic E-state index is -1.16. The SMILES string of the molecule is CN(C)C(=O)CN(C)C(=O)N[C@H](Cc1cnc[nH]1)C(=O)O. The van der Waals surface area contributed by atoms with Crippen molar-refractivity contribution >= 4 is 17.9 Å². The van der Waals surface area contributed by atoms with Crippen LogP contribution < -0.4 is 5.32 Å².